The third-order valence-corrected chi connectivity index (χ3v) is 3.89. The summed E-state index contributed by atoms with van der Waals surface area (Å²) in [6, 6.07) is 12.3. The average molecular weight is 353 g/mol. The molecule has 0 aliphatic carbocycles. The van der Waals surface area contributed by atoms with Gasteiger partial charge in [0.1, 0.15) is 12.4 Å². The van der Waals surface area contributed by atoms with E-state index in [1.54, 1.807) is 30.3 Å². The number of fused-ring (bicyclic) bond motifs is 1. The Hall–Kier alpha value is -3.48. The van der Waals surface area contributed by atoms with Crippen LogP contribution in [0.5, 0.6) is 0 Å². The normalized spacial score (nSPS) is 10.7. The summed E-state index contributed by atoms with van der Waals surface area (Å²) in [4.78, 5) is 37.5. The molecule has 26 heavy (non-hydrogen) atoms. The van der Waals surface area contributed by atoms with E-state index in [0.29, 0.717) is 10.9 Å². The van der Waals surface area contributed by atoms with E-state index < -0.39 is 23.0 Å². The topological polar surface area (TPSA) is 73.1 Å². The molecule has 0 spiro atoms. The van der Waals surface area contributed by atoms with Gasteiger partial charge in [-0.3, -0.25) is 18.7 Å². The Labute approximate surface area is 147 Å². The molecule has 0 saturated carbocycles. The first-order chi connectivity index (χ1) is 12.5. The number of carbonyl (C=O) groups excluding carboxylic acids is 1. The van der Waals surface area contributed by atoms with Crippen LogP contribution in [0.1, 0.15) is 0 Å². The number of rotatable bonds is 5. The van der Waals surface area contributed by atoms with Gasteiger partial charge in [-0.15, -0.1) is 6.58 Å². The molecule has 0 radical (unpaired) electrons. The molecule has 6 nitrogen and oxygen atoms in total. The standard InChI is InChI=1S/C19H16FN3O3/c1-2-11-22-18(25)13-7-3-6-10-16(13)23(19(22)26)12-17(24)21-15-9-5-4-8-14(15)20/h2-10H,1,11-12H2,(H,21,24). The van der Waals surface area contributed by atoms with Crippen LogP contribution in [0.2, 0.25) is 0 Å². The Morgan fingerprint density at radius 1 is 1.08 bits per heavy atom. The summed E-state index contributed by atoms with van der Waals surface area (Å²) in [5.74, 6) is -1.15. The molecule has 132 valence electrons. The van der Waals surface area contributed by atoms with Crippen LogP contribution in [-0.4, -0.2) is 15.0 Å². The van der Waals surface area contributed by atoms with Crippen LogP contribution < -0.4 is 16.6 Å². The second-order valence-corrected chi connectivity index (χ2v) is 5.62. The predicted octanol–water partition coefficient (Wildman–Crippen LogP) is 2.13. The zero-order valence-electron chi connectivity index (χ0n) is 13.8. The van der Waals surface area contributed by atoms with Crippen LogP contribution in [0.15, 0.2) is 70.8 Å². The summed E-state index contributed by atoms with van der Waals surface area (Å²) in [7, 11) is 0. The molecule has 1 aromatic heterocycles. The molecule has 0 fully saturated rings. The Morgan fingerprint density at radius 2 is 1.77 bits per heavy atom. The van der Waals surface area contributed by atoms with Crippen molar-refractivity contribution in [3.8, 4) is 0 Å². The number of aromatic nitrogens is 2. The highest BCUT2D eigenvalue weighted by molar-refractivity contribution is 5.91. The van der Waals surface area contributed by atoms with Crippen LogP contribution in [-0.2, 0) is 17.9 Å². The first kappa shape index (κ1) is 17.3. The minimum Gasteiger partial charge on any atom is -0.322 e. The zero-order chi connectivity index (χ0) is 18.7. The lowest BCUT2D eigenvalue weighted by molar-refractivity contribution is -0.116. The van der Waals surface area contributed by atoms with E-state index in [-0.39, 0.29) is 18.8 Å². The summed E-state index contributed by atoms with van der Waals surface area (Å²) in [5.41, 5.74) is -0.714. The summed E-state index contributed by atoms with van der Waals surface area (Å²) < 4.78 is 15.9. The van der Waals surface area contributed by atoms with E-state index in [9.17, 15) is 18.8 Å². The van der Waals surface area contributed by atoms with E-state index in [2.05, 4.69) is 11.9 Å². The number of hydrogen-bond donors (Lipinski definition) is 1. The molecule has 0 bridgehead atoms. The lowest BCUT2D eigenvalue weighted by Crippen LogP contribution is -2.41. The number of amides is 1. The molecule has 1 N–H and O–H groups in total. The lowest BCUT2D eigenvalue weighted by atomic mass is 10.2. The fourth-order valence-electron chi connectivity index (χ4n) is 2.71. The molecule has 7 heteroatoms. The number of carbonyl (C=O) groups is 1. The molecule has 0 unspecified atom stereocenters. The molecule has 1 heterocycles. The minimum absolute atomic E-state index is 0.0225. The second-order valence-electron chi connectivity index (χ2n) is 5.62. The number of benzene rings is 2. The van der Waals surface area contributed by atoms with Gasteiger partial charge in [0.25, 0.3) is 5.56 Å². The fraction of sp³-hybridized carbons (Fsp3) is 0.105. The number of para-hydroxylation sites is 2. The molecule has 3 rings (SSSR count). The van der Waals surface area contributed by atoms with E-state index in [1.807, 2.05) is 0 Å². The number of anilines is 1. The highest BCUT2D eigenvalue weighted by atomic mass is 19.1. The van der Waals surface area contributed by atoms with Crippen molar-refractivity contribution in [1.29, 1.82) is 0 Å². The van der Waals surface area contributed by atoms with Crippen LogP contribution in [0.4, 0.5) is 10.1 Å². The van der Waals surface area contributed by atoms with Crippen molar-refractivity contribution < 1.29 is 9.18 Å². The summed E-state index contributed by atoms with van der Waals surface area (Å²) in [6.07, 6.45) is 1.43. The summed E-state index contributed by atoms with van der Waals surface area (Å²) in [6.45, 7) is 3.21. The third-order valence-electron chi connectivity index (χ3n) is 3.89. The molecule has 1 amide bonds. The first-order valence-electron chi connectivity index (χ1n) is 7.90. The largest absolute Gasteiger partial charge is 0.332 e. The van der Waals surface area contributed by atoms with Gasteiger partial charge in [-0.1, -0.05) is 30.3 Å². The van der Waals surface area contributed by atoms with Gasteiger partial charge >= 0.3 is 5.69 Å². The van der Waals surface area contributed by atoms with Crippen molar-refractivity contribution in [3.05, 3.63) is 87.8 Å². The minimum atomic E-state index is -0.628. The highest BCUT2D eigenvalue weighted by Gasteiger charge is 2.15. The molecular formula is C19H16FN3O3. The van der Waals surface area contributed by atoms with Gasteiger partial charge in [0.2, 0.25) is 5.91 Å². The molecule has 3 aromatic rings. The van der Waals surface area contributed by atoms with E-state index in [4.69, 9.17) is 0 Å². The van der Waals surface area contributed by atoms with Gasteiger partial charge in [-0.2, -0.15) is 0 Å². The van der Waals surface area contributed by atoms with Crippen LogP contribution in [0.25, 0.3) is 10.9 Å². The number of nitrogens with zero attached hydrogens (tertiary/aromatic N) is 2. The second kappa shape index (κ2) is 7.18. The van der Waals surface area contributed by atoms with Crippen LogP contribution >= 0.6 is 0 Å². The van der Waals surface area contributed by atoms with E-state index in [1.165, 1.54) is 28.8 Å². The summed E-state index contributed by atoms with van der Waals surface area (Å²) in [5, 5.41) is 2.75. The Kier molecular flexibility index (Phi) is 4.79. The maximum absolute atomic E-state index is 13.7. The van der Waals surface area contributed by atoms with E-state index >= 15 is 0 Å². The maximum Gasteiger partial charge on any atom is 0.332 e. The number of allylic oxidation sites excluding steroid dienone is 1. The van der Waals surface area contributed by atoms with Crippen molar-refractivity contribution >= 4 is 22.5 Å². The lowest BCUT2D eigenvalue weighted by Gasteiger charge is -2.13. The number of hydrogen-bond acceptors (Lipinski definition) is 3. The smallest absolute Gasteiger partial charge is 0.322 e. The van der Waals surface area contributed by atoms with Gasteiger partial charge in [0.15, 0.2) is 0 Å². The van der Waals surface area contributed by atoms with Crippen molar-refractivity contribution in [3.63, 3.8) is 0 Å². The molecule has 0 aliphatic heterocycles. The van der Waals surface area contributed by atoms with Gasteiger partial charge in [-0.05, 0) is 24.3 Å². The molecule has 0 saturated heterocycles. The Balaban J connectivity index is 2.05. The quantitative estimate of drug-likeness (QED) is 0.714. The highest BCUT2D eigenvalue weighted by Crippen LogP contribution is 2.13. The van der Waals surface area contributed by atoms with Crippen molar-refractivity contribution in [2.24, 2.45) is 0 Å². The molecule has 0 aliphatic rings. The molecule has 2 aromatic carbocycles. The third kappa shape index (κ3) is 3.19. The van der Waals surface area contributed by atoms with Crippen molar-refractivity contribution in [2.45, 2.75) is 13.1 Å². The van der Waals surface area contributed by atoms with Crippen molar-refractivity contribution in [2.75, 3.05) is 5.32 Å². The zero-order valence-corrected chi connectivity index (χ0v) is 13.8. The van der Waals surface area contributed by atoms with Crippen molar-refractivity contribution in [1.82, 2.24) is 9.13 Å². The first-order valence-corrected chi connectivity index (χ1v) is 7.90. The Morgan fingerprint density at radius 3 is 2.50 bits per heavy atom. The van der Waals surface area contributed by atoms with Crippen LogP contribution in [0, 0.1) is 5.82 Å². The van der Waals surface area contributed by atoms with Crippen LogP contribution in [0.3, 0.4) is 0 Å². The summed E-state index contributed by atoms with van der Waals surface area (Å²) >= 11 is 0. The fourth-order valence-corrected chi connectivity index (χ4v) is 2.71. The monoisotopic (exact) mass is 353 g/mol. The van der Waals surface area contributed by atoms with Gasteiger partial charge in [0, 0.05) is 6.54 Å². The SMILES string of the molecule is C=CCn1c(=O)c2ccccc2n(CC(=O)Nc2ccccc2F)c1=O. The number of halogens is 1. The Bertz CT molecular complexity index is 1110. The van der Waals surface area contributed by atoms with Gasteiger partial charge in [0.05, 0.1) is 16.6 Å². The predicted molar refractivity (Wildman–Crippen MR) is 97.7 cm³/mol. The number of nitrogens with one attached hydrogen (secondary N) is 1. The maximum atomic E-state index is 13.7. The van der Waals surface area contributed by atoms with Gasteiger partial charge in [-0.25, -0.2) is 9.18 Å². The molecule has 0 atom stereocenters. The molecular weight excluding hydrogens is 337 g/mol. The van der Waals surface area contributed by atoms with Gasteiger partial charge < -0.3 is 5.32 Å². The average Bonchev–Trinajstić information content (AvgIpc) is 2.64. The van der Waals surface area contributed by atoms with E-state index in [0.717, 1.165) is 4.57 Å².